The van der Waals surface area contributed by atoms with Gasteiger partial charge in [-0.2, -0.15) is 0 Å². The Morgan fingerprint density at radius 3 is 2.61 bits per heavy atom. The van der Waals surface area contributed by atoms with Crippen LogP contribution in [-0.2, 0) is 6.42 Å². The first-order valence-corrected chi connectivity index (χ1v) is 6.58. The standard InChI is InChI=1S/C14H20F2N2/c15-11-1-6-14(16)10(9-11)7-8-18-13-4-2-12(17)3-5-13/h1,6,9,12-13,18H,2-5,7-8,17H2. The van der Waals surface area contributed by atoms with Crippen molar-refractivity contribution in [3.8, 4) is 0 Å². The molecule has 0 amide bonds. The predicted molar refractivity (Wildman–Crippen MR) is 68.3 cm³/mol. The quantitative estimate of drug-likeness (QED) is 0.865. The molecule has 1 fully saturated rings. The van der Waals surface area contributed by atoms with Crippen molar-refractivity contribution in [2.45, 2.75) is 44.2 Å². The van der Waals surface area contributed by atoms with Crippen LogP contribution in [0.4, 0.5) is 8.78 Å². The van der Waals surface area contributed by atoms with E-state index in [0.29, 0.717) is 30.6 Å². The fourth-order valence-corrected chi connectivity index (χ4v) is 2.47. The van der Waals surface area contributed by atoms with Gasteiger partial charge in [0.15, 0.2) is 0 Å². The van der Waals surface area contributed by atoms with Gasteiger partial charge in [0.1, 0.15) is 11.6 Å². The van der Waals surface area contributed by atoms with Crippen LogP contribution in [0, 0.1) is 11.6 Å². The Morgan fingerprint density at radius 2 is 1.89 bits per heavy atom. The molecule has 0 spiro atoms. The van der Waals surface area contributed by atoms with Crippen LogP contribution >= 0.6 is 0 Å². The summed E-state index contributed by atoms with van der Waals surface area (Å²) in [4.78, 5) is 0. The molecule has 18 heavy (non-hydrogen) atoms. The van der Waals surface area contributed by atoms with Crippen molar-refractivity contribution in [2.24, 2.45) is 5.73 Å². The van der Waals surface area contributed by atoms with Crippen molar-refractivity contribution in [3.05, 3.63) is 35.4 Å². The Morgan fingerprint density at radius 1 is 1.17 bits per heavy atom. The van der Waals surface area contributed by atoms with Gasteiger partial charge in [-0.3, -0.25) is 0 Å². The Bertz CT molecular complexity index is 387. The molecular formula is C14H20F2N2. The highest BCUT2D eigenvalue weighted by molar-refractivity contribution is 5.19. The Labute approximate surface area is 107 Å². The van der Waals surface area contributed by atoms with E-state index in [1.807, 2.05) is 0 Å². The molecule has 0 unspecified atom stereocenters. The second-order valence-electron chi connectivity index (χ2n) is 5.05. The molecule has 0 aliphatic heterocycles. The average molecular weight is 254 g/mol. The van der Waals surface area contributed by atoms with Crippen molar-refractivity contribution in [3.63, 3.8) is 0 Å². The second kappa shape index (κ2) is 6.25. The first kappa shape index (κ1) is 13.4. The molecule has 2 rings (SSSR count). The third kappa shape index (κ3) is 3.75. The van der Waals surface area contributed by atoms with Crippen molar-refractivity contribution in [2.75, 3.05) is 6.54 Å². The zero-order valence-electron chi connectivity index (χ0n) is 10.5. The molecule has 0 atom stereocenters. The lowest BCUT2D eigenvalue weighted by Crippen LogP contribution is -2.38. The van der Waals surface area contributed by atoms with Crippen LogP contribution in [-0.4, -0.2) is 18.6 Å². The Hall–Kier alpha value is -1.00. The van der Waals surface area contributed by atoms with Crippen LogP contribution in [0.3, 0.4) is 0 Å². The fraction of sp³-hybridized carbons (Fsp3) is 0.571. The van der Waals surface area contributed by atoms with Gasteiger partial charge in [0.2, 0.25) is 0 Å². The third-order valence-corrected chi connectivity index (χ3v) is 3.61. The van der Waals surface area contributed by atoms with E-state index in [-0.39, 0.29) is 11.6 Å². The number of hydrogen-bond acceptors (Lipinski definition) is 2. The lowest BCUT2D eigenvalue weighted by molar-refractivity contribution is 0.344. The van der Waals surface area contributed by atoms with E-state index in [4.69, 9.17) is 5.73 Å². The fourth-order valence-electron chi connectivity index (χ4n) is 2.47. The van der Waals surface area contributed by atoms with E-state index in [0.717, 1.165) is 31.7 Å². The number of hydrogen-bond donors (Lipinski definition) is 2. The molecule has 0 aromatic heterocycles. The summed E-state index contributed by atoms with van der Waals surface area (Å²) in [5.74, 6) is -0.709. The largest absolute Gasteiger partial charge is 0.328 e. The third-order valence-electron chi connectivity index (χ3n) is 3.61. The summed E-state index contributed by atoms with van der Waals surface area (Å²) in [7, 11) is 0. The zero-order chi connectivity index (χ0) is 13.0. The minimum Gasteiger partial charge on any atom is -0.328 e. The summed E-state index contributed by atoms with van der Waals surface area (Å²) in [6.07, 6.45) is 4.77. The van der Waals surface area contributed by atoms with Crippen LogP contribution in [0.5, 0.6) is 0 Å². The van der Waals surface area contributed by atoms with Crippen molar-refractivity contribution in [1.29, 1.82) is 0 Å². The number of nitrogens with two attached hydrogens (primary N) is 1. The highest BCUT2D eigenvalue weighted by Gasteiger charge is 2.17. The van der Waals surface area contributed by atoms with Crippen LogP contribution in [0.1, 0.15) is 31.2 Å². The van der Waals surface area contributed by atoms with Gasteiger partial charge in [0, 0.05) is 12.1 Å². The van der Waals surface area contributed by atoms with Crippen LogP contribution in [0.25, 0.3) is 0 Å². The van der Waals surface area contributed by atoms with Gasteiger partial charge in [-0.15, -0.1) is 0 Å². The molecule has 2 nitrogen and oxygen atoms in total. The molecular weight excluding hydrogens is 234 g/mol. The molecule has 1 aliphatic rings. The molecule has 1 aromatic rings. The van der Waals surface area contributed by atoms with Gasteiger partial charge in [-0.1, -0.05) is 0 Å². The first-order valence-electron chi connectivity index (χ1n) is 6.58. The maximum atomic E-state index is 13.4. The van der Waals surface area contributed by atoms with Gasteiger partial charge < -0.3 is 11.1 Å². The summed E-state index contributed by atoms with van der Waals surface area (Å²) >= 11 is 0. The van der Waals surface area contributed by atoms with E-state index in [9.17, 15) is 8.78 Å². The highest BCUT2D eigenvalue weighted by Crippen LogP contribution is 2.17. The van der Waals surface area contributed by atoms with E-state index < -0.39 is 0 Å². The van der Waals surface area contributed by atoms with Crippen molar-refractivity contribution in [1.82, 2.24) is 5.32 Å². The Balaban J connectivity index is 1.76. The van der Waals surface area contributed by atoms with Crippen LogP contribution < -0.4 is 11.1 Å². The lowest BCUT2D eigenvalue weighted by atomic mass is 9.92. The lowest BCUT2D eigenvalue weighted by Gasteiger charge is -2.26. The first-order chi connectivity index (χ1) is 8.65. The molecule has 4 heteroatoms. The number of benzene rings is 1. The monoisotopic (exact) mass is 254 g/mol. The summed E-state index contributed by atoms with van der Waals surface area (Å²) in [5, 5.41) is 3.39. The summed E-state index contributed by atoms with van der Waals surface area (Å²) in [5.41, 5.74) is 6.27. The zero-order valence-corrected chi connectivity index (χ0v) is 10.5. The second-order valence-corrected chi connectivity index (χ2v) is 5.05. The van der Waals surface area contributed by atoms with E-state index in [1.165, 1.54) is 12.1 Å². The van der Waals surface area contributed by atoms with Gasteiger partial charge in [-0.05, 0) is 62.4 Å². The molecule has 1 aromatic carbocycles. The summed E-state index contributed by atoms with van der Waals surface area (Å²) in [6, 6.07) is 4.41. The highest BCUT2D eigenvalue weighted by atomic mass is 19.1. The van der Waals surface area contributed by atoms with E-state index in [2.05, 4.69) is 5.32 Å². The summed E-state index contributed by atoms with van der Waals surface area (Å²) < 4.78 is 26.3. The molecule has 100 valence electrons. The van der Waals surface area contributed by atoms with Crippen molar-refractivity contribution < 1.29 is 8.78 Å². The molecule has 3 N–H and O–H groups in total. The van der Waals surface area contributed by atoms with E-state index >= 15 is 0 Å². The summed E-state index contributed by atoms with van der Waals surface area (Å²) in [6.45, 7) is 0.681. The maximum absolute atomic E-state index is 13.4. The molecule has 1 aliphatic carbocycles. The van der Waals surface area contributed by atoms with Crippen LogP contribution in [0.15, 0.2) is 18.2 Å². The van der Waals surface area contributed by atoms with Gasteiger partial charge in [0.05, 0.1) is 0 Å². The normalized spacial score (nSPS) is 24.2. The van der Waals surface area contributed by atoms with Gasteiger partial charge in [-0.25, -0.2) is 8.78 Å². The number of halogens is 2. The predicted octanol–water partition coefficient (Wildman–Crippen LogP) is 2.37. The van der Waals surface area contributed by atoms with E-state index in [1.54, 1.807) is 0 Å². The topological polar surface area (TPSA) is 38.0 Å². The minimum atomic E-state index is -0.380. The molecule has 0 saturated heterocycles. The van der Waals surface area contributed by atoms with Gasteiger partial charge >= 0.3 is 0 Å². The SMILES string of the molecule is NC1CCC(NCCc2cc(F)ccc2F)CC1. The molecule has 0 radical (unpaired) electrons. The molecule has 0 bridgehead atoms. The number of nitrogens with one attached hydrogen (secondary N) is 1. The smallest absolute Gasteiger partial charge is 0.126 e. The van der Waals surface area contributed by atoms with Crippen molar-refractivity contribution >= 4 is 0 Å². The maximum Gasteiger partial charge on any atom is 0.126 e. The molecule has 1 saturated carbocycles. The van der Waals surface area contributed by atoms with Gasteiger partial charge in [0.25, 0.3) is 0 Å². The molecule has 0 heterocycles. The minimum absolute atomic E-state index is 0.330. The average Bonchev–Trinajstić information content (AvgIpc) is 2.36. The van der Waals surface area contributed by atoms with Crippen LogP contribution in [0.2, 0.25) is 0 Å². The Kier molecular flexibility index (Phi) is 4.66. The number of rotatable bonds is 4.